The molecule has 0 saturated heterocycles. The number of nitrogens with zero attached hydrogens (tertiary/aromatic N) is 1. The zero-order valence-corrected chi connectivity index (χ0v) is 12.2. The van der Waals surface area contributed by atoms with Crippen molar-refractivity contribution in [1.29, 1.82) is 0 Å². The van der Waals surface area contributed by atoms with Gasteiger partial charge in [0, 0.05) is 13.1 Å². The molecule has 104 valence electrons. The van der Waals surface area contributed by atoms with E-state index >= 15 is 0 Å². The highest BCUT2D eigenvalue weighted by Crippen LogP contribution is 2.33. The summed E-state index contributed by atoms with van der Waals surface area (Å²) >= 11 is 6.02. The summed E-state index contributed by atoms with van der Waals surface area (Å²) in [6.07, 6.45) is 4.64. The Morgan fingerprint density at radius 2 is 1.95 bits per heavy atom. The Kier molecular flexibility index (Phi) is 4.35. The highest BCUT2D eigenvalue weighted by atomic mass is 35.5. The van der Waals surface area contributed by atoms with Gasteiger partial charge in [-0.1, -0.05) is 24.6 Å². The summed E-state index contributed by atoms with van der Waals surface area (Å²) in [6, 6.07) is 5.69. The maximum atomic E-state index is 11.4. The monoisotopic (exact) mass is 281 g/mol. The molecule has 0 unspecified atom stereocenters. The minimum atomic E-state index is -0.961. The second-order valence-electron chi connectivity index (χ2n) is 5.46. The van der Waals surface area contributed by atoms with Gasteiger partial charge in [0.05, 0.1) is 10.7 Å². The van der Waals surface area contributed by atoms with E-state index in [4.69, 9.17) is 11.6 Å². The van der Waals surface area contributed by atoms with Crippen LogP contribution >= 0.6 is 11.6 Å². The van der Waals surface area contributed by atoms with Gasteiger partial charge in [0.2, 0.25) is 0 Å². The number of benzene rings is 1. The summed E-state index contributed by atoms with van der Waals surface area (Å²) in [5.41, 5.74) is 0.935. The fourth-order valence-corrected chi connectivity index (χ4v) is 3.10. The van der Waals surface area contributed by atoms with Crippen molar-refractivity contribution in [3.63, 3.8) is 0 Å². The highest BCUT2D eigenvalue weighted by Gasteiger charge is 2.25. The van der Waals surface area contributed by atoms with Crippen LogP contribution in [0, 0.1) is 5.92 Å². The standard InChI is InChI=1S/C15H20ClNO2/c1-10-6-8-11(9-7-10)17(2)13-5-3-4-12(16)14(13)15(18)19/h3-5,10-11H,6-9H2,1-2H3,(H,18,19). The van der Waals surface area contributed by atoms with Gasteiger partial charge >= 0.3 is 5.97 Å². The number of hydrogen-bond acceptors (Lipinski definition) is 2. The first kappa shape index (κ1) is 14.2. The number of carbonyl (C=O) groups is 1. The number of hydrogen-bond donors (Lipinski definition) is 1. The molecule has 0 amide bonds. The number of carboxylic acids is 1. The SMILES string of the molecule is CC1CCC(N(C)c2cccc(Cl)c2C(=O)O)CC1. The Morgan fingerprint density at radius 3 is 2.53 bits per heavy atom. The summed E-state index contributed by atoms with van der Waals surface area (Å²) in [5.74, 6) is -0.181. The van der Waals surface area contributed by atoms with Crippen molar-refractivity contribution < 1.29 is 9.90 Å². The van der Waals surface area contributed by atoms with Gasteiger partial charge in [-0.3, -0.25) is 0 Å². The molecule has 1 N–H and O–H groups in total. The molecule has 0 heterocycles. The number of rotatable bonds is 3. The molecule has 0 aromatic heterocycles. The molecule has 1 aromatic rings. The van der Waals surface area contributed by atoms with Crippen LogP contribution in [0.1, 0.15) is 43.0 Å². The van der Waals surface area contributed by atoms with Crippen molar-refractivity contribution in [3.8, 4) is 0 Å². The average Bonchev–Trinajstić information content (AvgIpc) is 2.38. The van der Waals surface area contributed by atoms with Crippen LogP contribution in [-0.4, -0.2) is 24.2 Å². The maximum absolute atomic E-state index is 11.4. The van der Waals surface area contributed by atoms with Crippen LogP contribution in [0.2, 0.25) is 5.02 Å². The first-order chi connectivity index (χ1) is 9.00. The van der Waals surface area contributed by atoms with E-state index in [2.05, 4.69) is 11.8 Å². The largest absolute Gasteiger partial charge is 0.478 e. The maximum Gasteiger partial charge on any atom is 0.339 e. The molecule has 2 rings (SSSR count). The predicted octanol–water partition coefficient (Wildman–Crippen LogP) is 4.05. The van der Waals surface area contributed by atoms with E-state index in [1.54, 1.807) is 6.07 Å². The van der Waals surface area contributed by atoms with Crippen LogP contribution in [0.15, 0.2) is 18.2 Å². The molecule has 1 saturated carbocycles. The first-order valence-corrected chi connectivity index (χ1v) is 7.13. The lowest BCUT2D eigenvalue weighted by atomic mass is 9.86. The molecular formula is C15H20ClNO2. The molecule has 0 aliphatic heterocycles. The van der Waals surface area contributed by atoms with E-state index in [9.17, 15) is 9.90 Å². The third-order valence-electron chi connectivity index (χ3n) is 4.12. The van der Waals surface area contributed by atoms with Crippen molar-refractivity contribution in [2.24, 2.45) is 5.92 Å². The summed E-state index contributed by atoms with van der Waals surface area (Å²) in [6.45, 7) is 2.28. The normalized spacial score (nSPS) is 23.1. The molecule has 3 nitrogen and oxygen atoms in total. The molecule has 0 bridgehead atoms. The third-order valence-corrected chi connectivity index (χ3v) is 4.43. The Morgan fingerprint density at radius 1 is 1.32 bits per heavy atom. The summed E-state index contributed by atoms with van der Waals surface area (Å²) in [7, 11) is 1.97. The van der Waals surface area contributed by atoms with E-state index in [0.717, 1.165) is 24.4 Å². The van der Waals surface area contributed by atoms with Crippen molar-refractivity contribution in [3.05, 3.63) is 28.8 Å². The van der Waals surface area contributed by atoms with Crippen molar-refractivity contribution >= 4 is 23.3 Å². The van der Waals surface area contributed by atoms with E-state index in [1.165, 1.54) is 12.8 Å². The summed E-state index contributed by atoms with van der Waals surface area (Å²) < 4.78 is 0. The van der Waals surface area contributed by atoms with Crippen LogP contribution in [0.4, 0.5) is 5.69 Å². The zero-order valence-electron chi connectivity index (χ0n) is 11.4. The molecule has 0 atom stereocenters. The minimum absolute atomic E-state index is 0.213. The van der Waals surface area contributed by atoms with Crippen LogP contribution in [0.5, 0.6) is 0 Å². The molecule has 1 aliphatic carbocycles. The van der Waals surface area contributed by atoms with E-state index in [-0.39, 0.29) is 5.56 Å². The van der Waals surface area contributed by atoms with Gasteiger partial charge in [0.15, 0.2) is 0 Å². The molecule has 19 heavy (non-hydrogen) atoms. The van der Waals surface area contributed by atoms with Crippen LogP contribution in [0.25, 0.3) is 0 Å². The topological polar surface area (TPSA) is 40.5 Å². The van der Waals surface area contributed by atoms with Gasteiger partial charge in [0.1, 0.15) is 5.56 Å². The highest BCUT2D eigenvalue weighted by molar-refractivity contribution is 6.34. The van der Waals surface area contributed by atoms with E-state index in [0.29, 0.717) is 11.1 Å². The van der Waals surface area contributed by atoms with Crippen LogP contribution in [-0.2, 0) is 0 Å². The molecule has 1 fully saturated rings. The van der Waals surface area contributed by atoms with Gasteiger partial charge in [-0.05, 0) is 43.7 Å². The predicted molar refractivity (Wildman–Crippen MR) is 78.2 cm³/mol. The second-order valence-corrected chi connectivity index (χ2v) is 5.87. The summed E-state index contributed by atoms with van der Waals surface area (Å²) in [4.78, 5) is 13.5. The van der Waals surface area contributed by atoms with Gasteiger partial charge < -0.3 is 10.0 Å². The fraction of sp³-hybridized carbons (Fsp3) is 0.533. The van der Waals surface area contributed by atoms with Gasteiger partial charge in [-0.25, -0.2) is 4.79 Å². The molecule has 1 aromatic carbocycles. The quantitative estimate of drug-likeness (QED) is 0.908. The number of aromatic carboxylic acids is 1. The lowest BCUT2D eigenvalue weighted by Gasteiger charge is -2.35. The second kappa shape index (κ2) is 5.83. The molecular weight excluding hydrogens is 262 g/mol. The van der Waals surface area contributed by atoms with Crippen LogP contribution in [0.3, 0.4) is 0 Å². The third kappa shape index (κ3) is 3.03. The number of halogens is 1. The Balaban J connectivity index is 2.26. The molecule has 1 aliphatic rings. The van der Waals surface area contributed by atoms with Crippen molar-refractivity contribution in [2.45, 2.75) is 38.6 Å². The fourth-order valence-electron chi connectivity index (χ4n) is 2.84. The summed E-state index contributed by atoms with van der Waals surface area (Å²) in [5, 5.41) is 9.63. The number of anilines is 1. The van der Waals surface area contributed by atoms with Crippen molar-refractivity contribution in [2.75, 3.05) is 11.9 Å². The molecule has 4 heteroatoms. The van der Waals surface area contributed by atoms with E-state index < -0.39 is 5.97 Å². The molecule has 0 spiro atoms. The molecule has 0 radical (unpaired) electrons. The lowest BCUT2D eigenvalue weighted by molar-refractivity contribution is 0.0697. The van der Waals surface area contributed by atoms with Crippen molar-refractivity contribution in [1.82, 2.24) is 0 Å². The Hall–Kier alpha value is -1.22. The first-order valence-electron chi connectivity index (χ1n) is 6.75. The van der Waals surface area contributed by atoms with Gasteiger partial charge in [-0.15, -0.1) is 0 Å². The smallest absolute Gasteiger partial charge is 0.339 e. The minimum Gasteiger partial charge on any atom is -0.478 e. The zero-order chi connectivity index (χ0) is 14.0. The van der Waals surface area contributed by atoms with E-state index in [1.807, 2.05) is 19.2 Å². The van der Waals surface area contributed by atoms with Gasteiger partial charge in [-0.2, -0.15) is 0 Å². The average molecular weight is 282 g/mol. The van der Waals surface area contributed by atoms with Crippen LogP contribution < -0.4 is 4.90 Å². The number of carboxylic acid groups (broad SMARTS) is 1. The lowest BCUT2D eigenvalue weighted by Crippen LogP contribution is -2.35. The van der Waals surface area contributed by atoms with Gasteiger partial charge in [0.25, 0.3) is 0 Å². The Bertz CT molecular complexity index is 467. The Labute approximate surface area is 119 Å².